The van der Waals surface area contributed by atoms with Crippen LogP contribution in [-0.4, -0.2) is 41.2 Å². The van der Waals surface area contributed by atoms with Crippen LogP contribution in [0, 0.1) is 0 Å². The Morgan fingerprint density at radius 3 is 2.72 bits per heavy atom. The Balaban J connectivity index is 2.04. The lowest BCUT2D eigenvalue weighted by Crippen LogP contribution is -2.27. The van der Waals surface area contributed by atoms with Gasteiger partial charge in [-0.2, -0.15) is 0 Å². The molecule has 0 radical (unpaired) electrons. The van der Waals surface area contributed by atoms with E-state index in [1.54, 1.807) is 15.3 Å². The van der Waals surface area contributed by atoms with Gasteiger partial charge in [-0.1, -0.05) is 30.4 Å². The van der Waals surface area contributed by atoms with Gasteiger partial charge in [-0.05, 0) is 38.8 Å². The summed E-state index contributed by atoms with van der Waals surface area (Å²) in [6.45, 7) is 9.45. The lowest BCUT2D eigenvalue weighted by molar-refractivity contribution is 0.0547. The quantitative estimate of drug-likeness (QED) is 0.541. The predicted molar refractivity (Wildman–Crippen MR) is 111 cm³/mol. The highest BCUT2D eigenvalue weighted by Gasteiger charge is 2.30. The van der Waals surface area contributed by atoms with E-state index in [1.807, 2.05) is 39.1 Å². The van der Waals surface area contributed by atoms with Crippen molar-refractivity contribution in [3.8, 4) is 11.3 Å². The van der Waals surface area contributed by atoms with E-state index in [0.717, 1.165) is 22.3 Å². The highest BCUT2D eigenvalue weighted by atomic mass is 32.1. The number of ether oxygens (including phenoxy) is 1. The summed E-state index contributed by atoms with van der Waals surface area (Å²) in [4.78, 5) is 18.5. The summed E-state index contributed by atoms with van der Waals surface area (Å²) in [5.41, 5.74) is 3.40. The van der Waals surface area contributed by atoms with Gasteiger partial charge in [-0.15, -0.1) is 5.10 Å². The fourth-order valence-electron chi connectivity index (χ4n) is 3.36. The topological polar surface area (TPSA) is 94.5 Å². The third kappa shape index (κ3) is 3.40. The molecule has 0 saturated carbocycles. The van der Waals surface area contributed by atoms with Crippen LogP contribution in [0.5, 0.6) is 0 Å². The van der Waals surface area contributed by atoms with Crippen LogP contribution in [0.25, 0.3) is 27.1 Å². The standard InChI is InChI=1S/C20H23N5O3S/c1-11(2)15-16-18(29-14(10-26)22-16)25(19(27)28-20(3,4)5)17(15)12-6-7-13-8-21-23-24(13)9-12/h6-9,11,26H,10H2,1-5H3. The molecule has 0 aliphatic rings. The van der Waals surface area contributed by atoms with Crippen molar-refractivity contribution in [2.75, 3.05) is 0 Å². The molecule has 4 heterocycles. The maximum absolute atomic E-state index is 13.2. The van der Waals surface area contributed by atoms with Crippen molar-refractivity contribution in [1.82, 2.24) is 24.4 Å². The smallest absolute Gasteiger partial charge is 0.420 e. The zero-order chi connectivity index (χ0) is 20.9. The normalized spacial score (nSPS) is 12.4. The second kappa shape index (κ2) is 6.93. The van der Waals surface area contributed by atoms with Crippen LogP contribution >= 0.6 is 11.3 Å². The molecular formula is C20H23N5O3S. The number of carbonyl (C=O) groups excluding carboxylic acids is 1. The summed E-state index contributed by atoms with van der Waals surface area (Å²) >= 11 is 1.30. The summed E-state index contributed by atoms with van der Waals surface area (Å²) in [6.07, 6.45) is 3.05. The van der Waals surface area contributed by atoms with E-state index < -0.39 is 11.7 Å². The lowest BCUT2D eigenvalue weighted by atomic mass is 9.99. The number of fused-ring (bicyclic) bond motifs is 2. The highest BCUT2D eigenvalue weighted by molar-refractivity contribution is 7.18. The summed E-state index contributed by atoms with van der Waals surface area (Å²) in [5.74, 6) is 0.0938. The third-order valence-corrected chi connectivity index (χ3v) is 5.48. The van der Waals surface area contributed by atoms with Gasteiger partial charge in [0.15, 0.2) is 0 Å². The molecule has 0 bridgehead atoms. The third-order valence-electron chi connectivity index (χ3n) is 4.45. The maximum Gasteiger partial charge on any atom is 0.420 e. The monoisotopic (exact) mass is 413 g/mol. The van der Waals surface area contributed by atoms with Gasteiger partial charge in [-0.3, -0.25) is 0 Å². The van der Waals surface area contributed by atoms with Crippen LogP contribution in [0.3, 0.4) is 0 Å². The molecule has 9 heteroatoms. The Morgan fingerprint density at radius 1 is 1.31 bits per heavy atom. The van der Waals surface area contributed by atoms with E-state index in [4.69, 9.17) is 4.74 Å². The van der Waals surface area contributed by atoms with Crippen LogP contribution in [0.4, 0.5) is 4.79 Å². The van der Waals surface area contributed by atoms with Crippen LogP contribution < -0.4 is 0 Å². The molecule has 0 spiro atoms. The summed E-state index contributed by atoms with van der Waals surface area (Å²) in [5, 5.41) is 18.2. The predicted octanol–water partition coefficient (Wildman–Crippen LogP) is 4.21. The number of aliphatic hydroxyl groups excluding tert-OH is 1. The maximum atomic E-state index is 13.2. The van der Waals surface area contributed by atoms with Crippen LogP contribution in [-0.2, 0) is 11.3 Å². The highest BCUT2D eigenvalue weighted by Crippen LogP contribution is 2.41. The lowest BCUT2D eigenvalue weighted by Gasteiger charge is -2.21. The van der Waals surface area contributed by atoms with Crippen LogP contribution in [0.15, 0.2) is 24.5 Å². The summed E-state index contributed by atoms with van der Waals surface area (Å²) in [6, 6.07) is 3.85. The minimum atomic E-state index is -0.650. The SMILES string of the molecule is CC(C)c1c(-c2ccc3cnnn3c2)n(C(=O)OC(C)(C)C)c2sc(CO)nc12. The van der Waals surface area contributed by atoms with E-state index >= 15 is 0 Å². The Labute approximate surface area is 171 Å². The molecule has 0 aliphatic heterocycles. The first kappa shape index (κ1) is 19.5. The van der Waals surface area contributed by atoms with Crippen LogP contribution in [0.2, 0.25) is 0 Å². The molecule has 4 aromatic rings. The number of nitrogens with zero attached hydrogens (tertiary/aromatic N) is 5. The Bertz CT molecular complexity index is 1210. The summed E-state index contributed by atoms with van der Waals surface area (Å²) in [7, 11) is 0. The van der Waals surface area contributed by atoms with Gasteiger partial charge >= 0.3 is 6.09 Å². The fourth-order valence-corrected chi connectivity index (χ4v) is 4.29. The Kier molecular flexibility index (Phi) is 4.66. The number of hydrogen-bond donors (Lipinski definition) is 1. The van der Waals surface area contributed by atoms with E-state index in [0.29, 0.717) is 15.4 Å². The van der Waals surface area contributed by atoms with E-state index in [1.165, 1.54) is 11.3 Å². The molecule has 8 nitrogen and oxygen atoms in total. The number of thiazole rings is 1. The average Bonchev–Trinajstić information content (AvgIpc) is 3.31. The first-order valence-electron chi connectivity index (χ1n) is 9.38. The molecule has 0 aromatic carbocycles. The number of rotatable bonds is 3. The van der Waals surface area contributed by atoms with E-state index in [9.17, 15) is 9.90 Å². The minimum absolute atomic E-state index is 0.0938. The number of aromatic nitrogens is 5. The molecule has 0 amide bonds. The molecule has 0 saturated heterocycles. The molecule has 29 heavy (non-hydrogen) atoms. The van der Waals surface area contributed by atoms with Crippen molar-refractivity contribution in [1.29, 1.82) is 0 Å². The van der Waals surface area contributed by atoms with E-state index in [-0.39, 0.29) is 12.5 Å². The average molecular weight is 414 g/mol. The summed E-state index contributed by atoms with van der Waals surface area (Å²) < 4.78 is 8.96. The second-order valence-electron chi connectivity index (χ2n) is 8.17. The zero-order valence-corrected chi connectivity index (χ0v) is 17.8. The van der Waals surface area contributed by atoms with Gasteiger partial charge in [0.1, 0.15) is 21.0 Å². The van der Waals surface area contributed by atoms with Crippen molar-refractivity contribution >= 4 is 33.3 Å². The Morgan fingerprint density at radius 2 is 2.07 bits per heavy atom. The zero-order valence-electron chi connectivity index (χ0n) is 17.0. The van der Waals surface area contributed by atoms with Crippen molar-refractivity contribution in [2.45, 2.75) is 52.7 Å². The van der Waals surface area contributed by atoms with E-state index in [2.05, 4.69) is 29.1 Å². The fraction of sp³-hybridized carbons (Fsp3) is 0.400. The number of aliphatic hydroxyl groups is 1. The number of carbonyl (C=O) groups is 1. The molecule has 0 unspecified atom stereocenters. The van der Waals surface area contributed by atoms with Crippen LogP contribution in [0.1, 0.15) is 51.1 Å². The second-order valence-corrected chi connectivity index (χ2v) is 9.24. The number of hydrogen-bond acceptors (Lipinski definition) is 7. The molecule has 4 rings (SSSR count). The molecule has 0 atom stereocenters. The van der Waals surface area contributed by atoms with Gasteiger partial charge in [0.05, 0.1) is 24.0 Å². The molecule has 152 valence electrons. The minimum Gasteiger partial charge on any atom is -0.443 e. The Hall–Kier alpha value is -2.78. The first-order chi connectivity index (χ1) is 13.7. The van der Waals surface area contributed by atoms with Gasteiger partial charge in [-0.25, -0.2) is 18.9 Å². The molecule has 0 fully saturated rings. The molecule has 0 aliphatic carbocycles. The van der Waals surface area contributed by atoms with Gasteiger partial charge < -0.3 is 9.84 Å². The van der Waals surface area contributed by atoms with Crippen molar-refractivity contribution < 1.29 is 14.6 Å². The van der Waals surface area contributed by atoms with Gasteiger partial charge in [0.2, 0.25) is 0 Å². The molecular weight excluding hydrogens is 390 g/mol. The van der Waals surface area contributed by atoms with Gasteiger partial charge in [0, 0.05) is 17.3 Å². The number of pyridine rings is 1. The van der Waals surface area contributed by atoms with Crippen molar-refractivity contribution in [2.24, 2.45) is 0 Å². The van der Waals surface area contributed by atoms with Gasteiger partial charge in [0.25, 0.3) is 0 Å². The van der Waals surface area contributed by atoms with Crippen molar-refractivity contribution in [3.05, 3.63) is 35.1 Å². The largest absolute Gasteiger partial charge is 0.443 e. The molecule has 1 N–H and O–H groups in total. The van der Waals surface area contributed by atoms with Crippen molar-refractivity contribution in [3.63, 3.8) is 0 Å². The first-order valence-corrected chi connectivity index (χ1v) is 10.2. The molecule has 4 aromatic heterocycles.